The monoisotopic (exact) mass is 251 g/mol. The van der Waals surface area contributed by atoms with E-state index in [1.54, 1.807) is 0 Å². The van der Waals surface area contributed by atoms with Gasteiger partial charge in [-0.1, -0.05) is 31.2 Å². The van der Waals surface area contributed by atoms with Crippen molar-refractivity contribution in [1.29, 1.82) is 0 Å². The van der Waals surface area contributed by atoms with Gasteiger partial charge in [0.25, 0.3) is 0 Å². The Morgan fingerprint density at radius 2 is 2.00 bits per heavy atom. The smallest absolute Gasteiger partial charge is 0.100 e. The number of hydrogen-bond donors (Lipinski definition) is 1. The number of imidazole rings is 1. The van der Waals surface area contributed by atoms with Gasteiger partial charge in [0, 0.05) is 11.7 Å². The largest absolute Gasteiger partial charge is 0.324 e. The maximum absolute atomic E-state index is 6.10. The van der Waals surface area contributed by atoms with Crippen LogP contribution in [0.5, 0.6) is 0 Å². The average molecular weight is 251 g/mol. The summed E-state index contributed by atoms with van der Waals surface area (Å²) in [4.78, 5) is 4.42. The van der Waals surface area contributed by atoms with E-state index in [0.29, 0.717) is 0 Å². The number of nitrogens with two attached hydrogens (primary N) is 1. The molecule has 0 aliphatic rings. The number of para-hydroxylation sites is 2. The van der Waals surface area contributed by atoms with E-state index in [1.165, 1.54) is 0 Å². The molecular formula is C16H17N3. The van der Waals surface area contributed by atoms with Crippen LogP contribution < -0.4 is 5.73 Å². The summed E-state index contributed by atoms with van der Waals surface area (Å²) in [7, 11) is 0. The van der Waals surface area contributed by atoms with Crippen LogP contribution in [-0.4, -0.2) is 9.55 Å². The van der Waals surface area contributed by atoms with Gasteiger partial charge in [0.2, 0.25) is 0 Å². The van der Waals surface area contributed by atoms with Crippen molar-refractivity contribution in [3.05, 3.63) is 60.4 Å². The summed E-state index contributed by atoms with van der Waals surface area (Å²) in [5.41, 5.74) is 10.5. The van der Waals surface area contributed by atoms with Crippen molar-refractivity contribution in [2.24, 2.45) is 5.73 Å². The third-order valence-corrected chi connectivity index (χ3v) is 3.47. The molecule has 2 aromatic carbocycles. The fourth-order valence-corrected chi connectivity index (χ4v) is 2.31. The minimum Gasteiger partial charge on any atom is -0.324 e. The summed E-state index contributed by atoms with van der Waals surface area (Å²) in [6.07, 6.45) is 2.80. The molecule has 1 atom stereocenters. The zero-order chi connectivity index (χ0) is 13.2. The first-order valence-electron chi connectivity index (χ1n) is 6.57. The molecule has 0 radical (unpaired) electrons. The molecule has 1 unspecified atom stereocenters. The molecule has 3 nitrogen and oxygen atoms in total. The van der Waals surface area contributed by atoms with Gasteiger partial charge in [-0.2, -0.15) is 0 Å². The highest BCUT2D eigenvalue weighted by Crippen LogP contribution is 2.21. The molecule has 19 heavy (non-hydrogen) atoms. The topological polar surface area (TPSA) is 43.8 Å². The van der Waals surface area contributed by atoms with Gasteiger partial charge in [-0.3, -0.25) is 4.57 Å². The number of nitrogens with zero attached hydrogens (tertiary/aromatic N) is 2. The normalized spacial score (nSPS) is 12.7. The standard InChI is InChI=1S/C16H17N3/c1-2-14(17)12-6-5-7-13(10-12)19-11-18-15-8-3-4-9-16(15)19/h3-11,14H,2,17H2,1H3. The van der Waals surface area contributed by atoms with E-state index in [9.17, 15) is 0 Å². The summed E-state index contributed by atoms with van der Waals surface area (Å²) < 4.78 is 2.10. The van der Waals surface area contributed by atoms with Gasteiger partial charge in [0.1, 0.15) is 6.33 Å². The predicted octanol–water partition coefficient (Wildman–Crippen LogP) is 3.44. The highest BCUT2D eigenvalue weighted by atomic mass is 15.0. The first-order chi connectivity index (χ1) is 9.29. The molecule has 96 valence electrons. The van der Waals surface area contributed by atoms with Crippen LogP contribution in [-0.2, 0) is 0 Å². The van der Waals surface area contributed by atoms with Crippen molar-refractivity contribution < 1.29 is 0 Å². The van der Waals surface area contributed by atoms with Gasteiger partial charge >= 0.3 is 0 Å². The van der Waals surface area contributed by atoms with Crippen LogP contribution >= 0.6 is 0 Å². The molecule has 0 amide bonds. The van der Waals surface area contributed by atoms with Crippen LogP contribution in [0.2, 0.25) is 0 Å². The average Bonchev–Trinajstić information content (AvgIpc) is 2.90. The van der Waals surface area contributed by atoms with Crippen molar-refractivity contribution in [2.45, 2.75) is 19.4 Å². The van der Waals surface area contributed by atoms with Gasteiger partial charge in [-0.25, -0.2) is 4.98 Å². The highest BCUT2D eigenvalue weighted by Gasteiger charge is 2.07. The van der Waals surface area contributed by atoms with E-state index in [-0.39, 0.29) is 6.04 Å². The second-order valence-corrected chi connectivity index (χ2v) is 4.71. The summed E-state index contributed by atoms with van der Waals surface area (Å²) >= 11 is 0. The fraction of sp³-hybridized carbons (Fsp3) is 0.188. The predicted molar refractivity (Wildman–Crippen MR) is 78.3 cm³/mol. The van der Waals surface area contributed by atoms with Gasteiger partial charge in [0.05, 0.1) is 11.0 Å². The Morgan fingerprint density at radius 1 is 1.16 bits per heavy atom. The molecular weight excluding hydrogens is 234 g/mol. The lowest BCUT2D eigenvalue weighted by atomic mass is 10.0. The van der Waals surface area contributed by atoms with Crippen LogP contribution in [0, 0.1) is 0 Å². The molecule has 2 N–H and O–H groups in total. The van der Waals surface area contributed by atoms with Gasteiger partial charge < -0.3 is 5.73 Å². The molecule has 3 rings (SSSR count). The second kappa shape index (κ2) is 4.86. The molecule has 0 saturated heterocycles. The molecule has 0 aliphatic heterocycles. The van der Waals surface area contributed by atoms with Crippen molar-refractivity contribution in [1.82, 2.24) is 9.55 Å². The third-order valence-electron chi connectivity index (χ3n) is 3.47. The lowest BCUT2D eigenvalue weighted by Gasteiger charge is -2.11. The van der Waals surface area contributed by atoms with Crippen molar-refractivity contribution in [3.63, 3.8) is 0 Å². The van der Waals surface area contributed by atoms with Crippen molar-refractivity contribution >= 4 is 11.0 Å². The lowest BCUT2D eigenvalue weighted by Crippen LogP contribution is -2.09. The molecule has 1 heterocycles. The van der Waals surface area contributed by atoms with E-state index >= 15 is 0 Å². The van der Waals surface area contributed by atoms with Crippen LogP contribution in [0.3, 0.4) is 0 Å². The first kappa shape index (κ1) is 11.9. The first-order valence-corrected chi connectivity index (χ1v) is 6.57. The minimum atomic E-state index is 0.0923. The zero-order valence-electron chi connectivity index (χ0n) is 11.0. The third kappa shape index (κ3) is 2.13. The number of benzene rings is 2. The van der Waals surface area contributed by atoms with Crippen LogP contribution in [0.25, 0.3) is 16.7 Å². The van der Waals surface area contributed by atoms with E-state index in [1.807, 2.05) is 24.5 Å². The summed E-state index contributed by atoms with van der Waals surface area (Å²) in [6, 6.07) is 16.6. The van der Waals surface area contributed by atoms with E-state index < -0.39 is 0 Å². The van der Waals surface area contributed by atoms with Crippen molar-refractivity contribution in [3.8, 4) is 5.69 Å². The SMILES string of the molecule is CCC(N)c1cccc(-n2cnc3ccccc32)c1. The van der Waals surface area contributed by atoms with Gasteiger partial charge in [0.15, 0.2) is 0 Å². The van der Waals surface area contributed by atoms with Gasteiger partial charge in [-0.15, -0.1) is 0 Å². The summed E-state index contributed by atoms with van der Waals surface area (Å²) in [5, 5.41) is 0. The molecule has 3 aromatic rings. The van der Waals surface area contributed by atoms with E-state index in [0.717, 1.165) is 28.7 Å². The quantitative estimate of drug-likeness (QED) is 0.775. The van der Waals surface area contributed by atoms with E-state index in [4.69, 9.17) is 5.73 Å². The zero-order valence-corrected chi connectivity index (χ0v) is 11.0. The van der Waals surface area contributed by atoms with Gasteiger partial charge in [-0.05, 0) is 36.2 Å². The van der Waals surface area contributed by atoms with Crippen LogP contribution in [0.15, 0.2) is 54.9 Å². The Hall–Kier alpha value is -2.13. The van der Waals surface area contributed by atoms with Crippen molar-refractivity contribution in [2.75, 3.05) is 0 Å². The minimum absolute atomic E-state index is 0.0923. The molecule has 0 bridgehead atoms. The number of aromatic nitrogens is 2. The fourth-order valence-electron chi connectivity index (χ4n) is 2.31. The molecule has 0 spiro atoms. The molecule has 0 saturated carbocycles. The molecule has 1 aromatic heterocycles. The Bertz CT molecular complexity index is 700. The Morgan fingerprint density at radius 3 is 2.84 bits per heavy atom. The lowest BCUT2D eigenvalue weighted by molar-refractivity contribution is 0.698. The second-order valence-electron chi connectivity index (χ2n) is 4.71. The molecule has 3 heteroatoms. The van der Waals surface area contributed by atoms with E-state index in [2.05, 4.69) is 46.8 Å². The molecule has 0 aliphatic carbocycles. The number of hydrogen-bond acceptors (Lipinski definition) is 2. The maximum atomic E-state index is 6.10. The Labute approximate surface area is 112 Å². The maximum Gasteiger partial charge on any atom is 0.100 e. The number of rotatable bonds is 3. The Kier molecular flexibility index (Phi) is 3.05. The van der Waals surface area contributed by atoms with Crippen LogP contribution in [0.1, 0.15) is 24.9 Å². The highest BCUT2D eigenvalue weighted by molar-refractivity contribution is 5.77. The summed E-state index contributed by atoms with van der Waals surface area (Å²) in [6.45, 7) is 2.10. The number of fused-ring (bicyclic) bond motifs is 1. The summed E-state index contributed by atoms with van der Waals surface area (Å²) in [5.74, 6) is 0. The Balaban J connectivity index is 2.11. The van der Waals surface area contributed by atoms with Crippen LogP contribution in [0.4, 0.5) is 0 Å². The molecule has 0 fully saturated rings.